The summed E-state index contributed by atoms with van der Waals surface area (Å²) in [7, 11) is 0. The maximum absolute atomic E-state index is 12.3. The highest BCUT2D eigenvalue weighted by Gasteiger charge is 2.19. The molecule has 0 atom stereocenters. The number of benzene rings is 1. The third kappa shape index (κ3) is 4.88. The molecule has 2 N–H and O–H groups in total. The van der Waals surface area contributed by atoms with Crippen LogP contribution < -0.4 is 10.6 Å². The standard InChI is InChI=1S/C21H21N5O4/c1-13-7-8-17(14(2)10-13)24-21(29)25-19(27)12-30-20(28)16-11-23-26(15(16)3)18-6-4-5-9-22-18/h4-11H,12H2,1-3H3,(H2,24,25,27,29). The lowest BCUT2D eigenvalue weighted by atomic mass is 10.1. The van der Waals surface area contributed by atoms with E-state index in [9.17, 15) is 14.4 Å². The average molecular weight is 407 g/mol. The van der Waals surface area contributed by atoms with E-state index in [0.29, 0.717) is 17.2 Å². The fraction of sp³-hybridized carbons (Fsp3) is 0.190. The fourth-order valence-corrected chi connectivity index (χ4v) is 2.80. The Morgan fingerprint density at radius 2 is 1.90 bits per heavy atom. The first-order chi connectivity index (χ1) is 14.3. The first-order valence-corrected chi connectivity index (χ1v) is 9.16. The van der Waals surface area contributed by atoms with Crippen LogP contribution in [0.4, 0.5) is 10.5 Å². The molecule has 0 radical (unpaired) electrons. The molecule has 0 aliphatic heterocycles. The lowest BCUT2D eigenvalue weighted by Gasteiger charge is -2.10. The van der Waals surface area contributed by atoms with Crippen LogP contribution in [0.15, 0.2) is 48.8 Å². The van der Waals surface area contributed by atoms with E-state index in [-0.39, 0.29) is 5.56 Å². The van der Waals surface area contributed by atoms with Crippen molar-refractivity contribution in [1.29, 1.82) is 0 Å². The summed E-state index contributed by atoms with van der Waals surface area (Å²) in [4.78, 5) is 40.4. The molecule has 0 saturated heterocycles. The molecule has 9 heteroatoms. The number of esters is 1. The van der Waals surface area contributed by atoms with Gasteiger partial charge in [-0.2, -0.15) is 5.10 Å². The number of urea groups is 1. The molecular weight excluding hydrogens is 386 g/mol. The summed E-state index contributed by atoms with van der Waals surface area (Å²) < 4.78 is 6.50. The van der Waals surface area contributed by atoms with E-state index >= 15 is 0 Å². The topological polar surface area (TPSA) is 115 Å². The fourth-order valence-electron chi connectivity index (χ4n) is 2.80. The maximum Gasteiger partial charge on any atom is 0.342 e. The number of nitrogens with zero attached hydrogens (tertiary/aromatic N) is 3. The van der Waals surface area contributed by atoms with Gasteiger partial charge in [-0.05, 0) is 44.5 Å². The summed E-state index contributed by atoms with van der Waals surface area (Å²) in [5, 5.41) is 8.84. The molecular formula is C21H21N5O4. The van der Waals surface area contributed by atoms with E-state index in [1.165, 1.54) is 10.9 Å². The van der Waals surface area contributed by atoms with Gasteiger partial charge in [0.25, 0.3) is 5.91 Å². The van der Waals surface area contributed by atoms with Crippen LogP contribution in [0, 0.1) is 20.8 Å². The number of ether oxygens (including phenoxy) is 1. The summed E-state index contributed by atoms with van der Waals surface area (Å²) in [5.41, 5.74) is 3.23. The minimum absolute atomic E-state index is 0.202. The number of nitrogens with one attached hydrogen (secondary N) is 2. The molecule has 154 valence electrons. The number of hydrogen-bond donors (Lipinski definition) is 2. The third-order valence-electron chi connectivity index (χ3n) is 4.31. The van der Waals surface area contributed by atoms with Crippen LogP contribution in [0.2, 0.25) is 0 Å². The monoisotopic (exact) mass is 407 g/mol. The van der Waals surface area contributed by atoms with Crippen molar-refractivity contribution in [2.75, 3.05) is 11.9 Å². The number of pyridine rings is 1. The Morgan fingerprint density at radius 1 is 1.10 bits per heavy atom. The van der Waals surface area contributed by atoms with Crippen molar-refractivity contribution >= 4 is 23.6 Å². The number of hydrogen-bond acceptors (Lipinski definition) is 6. The second-order valence-electron chi connectivity index (χ2n) is 6.64. The number of amides is 3. The number of aromatic nitrogens is 3. The number of aryl methyl sites for hydroxylation is 2. The molecule has 3 amide bonds. The van der Waals surface area contributed by atoms with Gasteiger partial charge in [0.2, 0.25) is 0 Å². The van der Waals surface area contributed by atoms with Crippen molar-refractivity contribution < 1.29 is 19.1 Å². The van der Waals surface area contributed by atoms with Crippen LogP contribution in [0.1, 0.15) is 27.2 Å². The zero-order valence-electron chi connectivity index (χ0n) is 16.8. The van der Waals surface area contributed by atoms with Crippen LogP contribution in [-0.2, 0) is 9.53 Å². The Morgan fingerprint density at radius 3 is 2.60 bits per heavy atom. The molecule has 3 rings (SSSR count). The quantitative estimate of drug-likeness (QED) is 0.629. The average Bonchev–Trinajstić information content (AvgIpc) is 3.10. The second-order valence-corrected chi connectivity index (χ2v) is 6.64. The van der Waals surface area contributed by atoms with Crippen LogP contribution in [-0.4, -0.2) is 39.3 Å². The van der Waals surface area contributed by atoms with Crippen LogP contribution >= 0.6 is 0 Å². The number of imide groups is 1. The van der Waals surface area contributed by atoms with Crippen molar-refractivity contribution in [3.05, 3.63) is 71.2 Å². The number of anilines is 1. The molecule has 0 bridgehead atoms. The Hall–Kier alpha value is -4.01. The van der Waals surface area contributed by atoms with Crippen molar-refractivity contribution in [1.82, 2.24) is 20.1 Å². The van der Waals surface area contributed by atoms with Gasteiger partial charge in [0, 0.05) is 11.9 Å². The molecule has 0 spiro atoms. The maximum atomic E-state index is 12.3. The van der Waals surface area contributed by atoms with Crippen molar-refractivity contribution in [2.24, 2.45) is 0 Å². The normalized spacial score (nSPS) is 10.4. The molecule has 2 aromatic heterocycles. The Labute approximate surface area is 173 Å². The Kier molecular flexibility index (Phi) is 6.21. The molecule has 0 fully saturated rings. The molecule has 0 aliphatic carbocycles. The summed E-state index contributed by atoms with van der Waals surface area (Å²) >= 11 is 0. The highest BCUT2D eigenvalue weighted by atomic mass is 16.5. The van der Waals surface area contributed by atoms with E-state index in [2.05, 4.69) is 20.7 Å². The van der Waals surface area contributed by atoms with Crippen LogP contribution in [0.25, 0.3) is 5.82 Å². The zero-order chi connectivity index (χ0) is 21.7. The van der Waals surface area contributed by atoms with E-state index in [0.717, 1.165) is 11.1 Å². The second kappa shape index (κ2) is 8.99. The van der Waals surface area contributed by atoms with Crippen LogP contribution in [0.5, 0.6) is 0 Å². The molecule has 30 heavy (non-hydrogen) atoms. The van der Waals surface area contributed by atoms with Crippen molar-refractivity contribution in [3.63, 3.8) is 0 Å². The van der Waals surface area contributed by atoms with Crippen molar-refractivity contribution in [2.45, 2.75) is 20.8 Å². The highest BCUT2D eigenvalue weighted by Crippen LogP contribution is 2.16. The molecule has 1 aromatic carbocycles. The smallest absolute Gasteiger partial charge is 0.342 e. The van der Waals surface area contributed by atoms with Gasteiger partial charge >= 0.3 is 12.0 Å². The van der Waals surface area contributed by atoms with E-state index in [4.69, 9.17) is 4.74 Å². The van der Waals surface area contributed by atoms with E-state index in [1.54, 1.807) is 37.4 Å². The lowest BCUT2D eigenvalue weighted by molar-refractivity contribution is -0.123. The first kappa shape index (κ1) is 20.7. The summed E-state index contributed by atoms with van der Waals surface area (Å²) in [6, 6.07) is 10.1. The summed E-state index contributed by atoms with van der Waals surface area (Å²) in [5.74, 6) is -0.921. The Balaban J connectivity index is 1.54. The molecule has 0 saturated carbocycles. The van der Waals surface area contributed by atoms with Gasteiger partial charge in [0.1, 0.15) is 5.56 Å². The summed E-state index contributed by atoms with van der Waals surface area (Å²) in [6.45, 7) is 4.87. The van der Waals surface area contributed by atoms with Gasteiger partial charge in [0.15, 0.2) is 12.4 Å². The minimum atomic E-state index is -0.750. The van der Waals surface area contributed by atoms with Gasteiger partial charge in [-0.25, -0.2) is 19.3 Å². The van der Waals surface area contributed by atoms with Gasteiger partial charge in [0.05, 0.1) is 11.9 Å². The van der Waals surface area contributed by atoms with Gasteiger partial charge in [-0.15, -0.1) is 0 Å². The molecule has 0 unspecified atom stereocenters. The number of carbonyl (C=O) groups excluding carboxylic acids is 3. The molecule has 0 aliphatic rings. The van der Waals surface area contributed by atoms with Crippen LogP contribution in [0.3, 0.4) is 0 Å². The van der Waals surface area contributed by atoms with Gasteiger partial charge in [-0.1, -0.05) is 23.8 Å². The first-order valence-electron chi connectivity index (χ1n) is 9.16. The Bertz CT molecular complexity index is 1090. The SMILES string of the molecule is Cc1ccc(NC(=O)NC(=O)COC(=O)c2cnn(-c3ccccn3)c2C)c(C)c1. The van der Waals surface area contributed by atoms with Gasteiger partial charge in [-0.3, -0.25) is 10.1 Å². The molecule has 9 nitrogen and oxygen atoms in total. The third-order valence-corrected chi connectivity index (χ3v) is 4.31. The highest BCUT2D eigenvalue weighted by molar-refractivity contribution is 6.02. The van der Waals surface area contributed by atoms with E-state index < -0.39 is 24.5 Å². The predicted molar refractivity (Wildman–Crippen MR) is 109 cm³/mol. The number of carbonyl (C=O) groups is 3. The largest absolute Gasteiger partial charge is 0.452 e. The van der Waals surface area contributed by atoms with Gasteiger partial charge < -0.3 is 10.1 Å². The zero-order valence-corrected chi connectivity index (χ0v) is 16.8. The number of rotatable bonds is 5. The molecule has 3 aromatic rings. The summed E-state index contributed by atoms with van der Waals surface area (Å²) in [6.07, 6.45) is 2.96. The minimum Gasteiger partial charge on any atom is -0.452 e. The van der Waals surface area contributed by atoms with E-state index in [1.807, 2.05) is 26.0 Å². The lowest BCUT2D eigenvalue weighted by Crippen LogP contribution is -2.37. The van der Waals surface area contributed by atoms with Crippen molar-refractivity contribution in [3.8, 4) is 5.82 Å². The molecule has 2 heterocycles. The predicted octanol–water partition coefficient (Wildman–Crippen LogP) is 2.70.